The molecule has 112 valence electrons. The molecule has 0 spiro atoms. The van der Waals surface area contributed by atoms with E-state index in [2.05, 4.69) is 15.8 Å². The van der Waals surface area contributed by atoms with Gasteiger partial charge in [-0.15, -0.1) is 0 Å². The summed E-state index contributed by atoms with van der Waals surface area (Å²) in [6.45, 7) is 2.02. The molecule has 4 heteroatoms. The van der Waals surface area contributed by atoms with Gasteiger partial charge in [0.05, 0.1) is 12.3 Å². The molecule has 0 saturated carbocycles. The van der Waals surface area contributed by atoms with E-state index in [4.69, 9.17) is 0 Å². The Hall–Kier alpha value is -2.88. The minimum atomic E-state index is -0.184. The zero-order valence-corrected chi connectivity index (χ0v) is 12.5. The summed E-state index contributed by atoms with van der Waals surface area (Å²) in [6, 6.07) is 19.5. The lowest BCUT2D eigenvalue weighted by atomic mass is 10.2. The molecule has 0 bridgehead atoms. The van der Waals surface area contributed by atoms with Gasteiger partial charge in [0.1, 0.15) is 0 Å². The van der Waals surface area contributed by atoms with Crippen molar-refractivity contribution in [3.8, 4) is 0 Å². The van der Waals surface area contributed by atoms with E-state index in [0.717, 1.165) is 17.0 Å². The van der Waals surface area contributed by atoms with E-state index in [0.29, 0.717) is 0 Å². The predicted octanol–water partition coefficient (Wildman–Crippen LogP) is 3.30. The van der Waals surface area contributed by atoms with E-state index in [1.54, 1.807) is 0 Å². The van der Waals surface area contributed by atoms with Crippen molar-refractivity contribution in [2.75, 3.05) is 11.9 Å². The number of nitrogens with zero attached hydrogens (tertiary/aromatic N) is 1. The molecule has 2 rings (SSSR count). The van der Waals surface area contributed by atoms with Crippen LogP contribution in [-0.2, 0) is 4.79 Å². The Labute approximate surface area is 130 Å². The summed E-state index contributed by atoms with van der Waals surface area (Å²) in [5.74, 6) is -0.184. The second kappa shape index (κ2) is 8.42. The fourth-order valence-corrected chi connectivity index (χ4v) is 1.75. The molecule has 4 nitrogen and oxygen atoms in total. The summed E-state index contributed by atoms with van der Waals surface area (Å²) in [6.07, 6.45) is 3.81. The number of rotatable bonds is 6. The van der Waals surface area contributed by atoms with E-state index in [1.807, 2.05) is 79.7 Å². The van der Waals surface area contributed by atoms with Crippen molar-refractivity contribution < 1.29 is 4.79 Å². The minimum Gasteiger partial charge on any atom is -0.376 e. The van der Waals surface area contributed by atoms with Crippen molar-refractivity contribution >= 4 is 23.4 Å². The Morgan fingerprint density at radius 2 is 1.68 bits per heavy atom. The lowest BCUT2D eigenvalue weighted by Crippen LogP contribution is -2.26. The Morgan fingerprint density at radius 3 is 2.36 bits per heavy atom. The highest BCUT2D eigenvalue weighted by atomic mass is 16.2. The summed E-state index contributed by atoms with van der Waals surface area (Å²) in [4.78, 5) is 11.7. The van der Waals surface area contributed by atoms with Gasteiger partial charge in [0.25, 0.3) is 5.91 Å². The zero-order valence-electron chi connectivity index (χ0n) is 12.5. The quantitative estimate of drug-likeness (QED) is 0.634. The van der Waals surface area contributed by atoms with Gasteiger partial charge in [0.15, 0.2) is 0 Å². The Balaban J connectivity index is 1.78. The van der Waals surface area contributed by atoms with Crippen molar-refractivity contribution in [2.45, 2.75) is 6.92 Å². The highest BCUT2D eigenvalue weighted by molar-refractivity contribution is 5.97. The second-order valence-electron chi connectivity index (χ2n) is 4.75. The van der Waals surface area contributed by atoms with Gasteiger partial charge in [-0.2, -0.15) is 5.10 Å². The van der Waals surface area contributed by atoms with Crippen molar-refractivity contribution in [3.05, 3.63) is 72.3 Å². The molecule has 1 amide bonds. The van der Waals surface area contributed by atoms with Crippen LogP contribution in [-0.4, -0.2) is 18.2 Å². The molecule has 0 saturated heterocycles. The first-order valence-electron chi connectivity index (χ1n) is 7.09. The molecule has 0 aliphatic heterocycles. The SMILES string of the molecule is CC(/C=C/c1ccccc1)=N\NC(=O)CNc1ccccc1. The van der Waals surface area contributed by atoms with Gasteiger partial charge in [0.2, 0.25) is 0 Å². The Bertz CT molecular complexity index is 649. The summed E-state index contributed by atoms with van der Waals surface area (Å²) in [5, 5.41) is 7.07. The smallest absolute Gasteiger partial charge is 0.259 e. The summed E-state index contributed by atoms with van der Waals surface area (Å²) < 4.78 is 0. The van der Waals surface area contributed by atoms with Crippen LogP contribution in [0.2, 0.25) is 0 Å². The first-order valence-corrected chi connectivity index (χ1v) is 7.09. The number of nitrogens with one attached hydrogen (secondary N) is 2. The number of hydrogen-bond acceptors (Lipinski definition) is 3. The largest absolute Gasteiger partial charge is 0.376 e. The number of carbonyl (C=O) groups is 1. The van der Waals surface area contributed by atoms with Crippen molar-refractivity contribution in [3.63, 3.8) is 0 Å². The number of hydrogen-bond donors (Lipinski definition) is 2. The molecule has 0 aliphatic rings. The van der Waals surface area contributed by atoms with Gasteiger partial charge in [0, 0.05) is 5.69 Å². The maximum absolute atomic E-state index is 11.7. The molecule has 0 aliphatic carbocycles. The first kappa shape index (κ1) is 15.5. The standard InChI is InChI=1S/C18H19N3O/c1-15(12-13-16-8-4-2-5-9-16)20-21-18(22)14-19-17-10-6-3-7-11-17/h2-13,19H,14H2,1H3,(H,21,22)/b13-12+,20-15+. The molecule has 0 fully saturated rings. The number of benzene rings is 2. The van der Waals surface area contributed by atoms with E-state index >= 15 is 0 Å². The number of allylic oxidation sites excluding steroid dienone is 1. The van der Waals surface area contributed by atoms with Crippen molar-refractivity contribution in [1.29, 1.82) is 0 Å². The lowest BCUT2D eigenvalue weighted by molar-refractivity contribution is -0.119. The van der Waals surface area contributed by atoms with Gasteiger partial charge in [-0.25, -0.2) is 5.43 Å². The van der Waals surface area contributed by atoms with E-state index in [1.165, 1.54) is 0 Å². The van der Waals surface area contributed by atoms with Gasteiger partial charge in [-0.1, -0.05) is 54.6 Å². The van der Waals surface area contributed by atoms with Crippen LogP contribution in [0.1, 0.15) is 12.5 Å². The molecule has 0 unspecified atom stereocenters. The van der Waals surface area contributed by atoms with Crippen LogP contribution in [0, 0.1) is 0 Å². The third-order valence-corrected chi connectivity index (χ3v) is 2.90. The molecule has 0 aromatic heterocycles. The molecule has 2 aromatic rings. The fraction of sp³-hybridized carbons (Fsp3) is 0.111. The number of anilines is 1. The van der Waals surface area contributed by atoms with Gasteiger partial charge >= 0.3 is 0 Å². The molecule has 22 heavy (non-hydrogen) atoms. The number of carbonyl (C=O) groups excluding carboxylic acids is 1. The van der Waals surface area contributed by atoms with Crippen LogP contribution in [0.3, 0.4) is 0 Å². The van der Waals surface area contributed by atoms with E-state index < -0.39 is 0 Å². The van der Waals surface area contributed by atoms with Crippen LogP contribution in [0.5, 0.6) is 0 Å². The topological polar surface area (TPSA) is 53.5 Å². The van der Waals surface area contributed by atoms with Crippen molar-refractivity contribution in [1.82, 2.24) is 5.43 Å². The maximum atomic E-state index is 11.7. The third-order valence-electron chi connectivity index (χ3n) is 2.90. The highest BCUT2D eigenvalue weighted by Gasteiger charge is 1.99. The first-order chi connectivity index (χ1) is 10.7. The average Bonchev–Trinajstić information content (AvgIpc) is 2.58. The normalized spacial score (nSPS) is 11.4. The summed E-state index contributed by atoms with van der Waals surface area (Å²) in [7, 11) is 0. The lowest BCUT2D eigenvalue weighted by Gasteiger charge is -2.04. The minimum absolute atomic E-state index is 0.184. The Morgan fingerprint density at radius 1 is 1.05 bits per heavy atom. The molecule has 0 heterocycles. The molecular weight excluding hydrogens is 274 g/mol. The van der Waals surface area contributed by atoms with E-state index in [9.17, 15) is 4.79 Å². The van der Waals surface area contributed by atoms with Gasteiger partial charge in [-0.05, 0) is 30.7 Å². The number of amides is 1. The second-order valence-corrected chi connectivity index (χ2v) is 4.75. The average molecular weight is 293 g/mol. The molecule has 2 aromatic carbocycles. The van der Waals surface area contributed by atoms with Crippen LogP contribution in [0.4, 0.5) is 5.69 Å². The van der Waals surface area contributed by atoms with Crippen molar-refractivity contribution in [2.24, 2.45) is 5.10 Å². The van der Waals surface area contributed by atoms with Gasteiger partial charge < -0.3 is 5.32 Å². The van der Waals surface area contributed by atoms with Crippen LogP contribution in [0.25, 0.3) is 6.08 Å². The van der Waals surface area contributed by atoms with Crippen LogP contribution >= 0.6 is 0 Å². The third kappa shape index (κ3) is 5.63. The number of hydrazone groups is 1. The van der Waals surface area contributed by atoms with Gasteiger partial charge in [-0.3, -0.25) is 4.79 Å². The zero-order chi connectivity index (χ0) is 15.6. The molecule has 0 atom stereocenters. The summed E-state index contributed by atoms with van der Waals surface area (Å²) in [5.41, 5.74) is 5.25. The molecular formula is C18H19N3O. The number of para-hydroxylation sites is 1. The monoisotopic (exact) mass is 293 g/mol. The fourth-order valence-electron chi connectivity index (χ4n) is 1.75. The Kier molecular flexibility index (Phi) is 5.93. The summed E-state index contributed by atoms with van der Waals surface area (Å²) >= 11 is 0. The highest BCUT2D eigenvalue weighted by Crippen LogP contribution is 2.03. The van der Waals surface area contributed by atoms with Crippen LogP contribution < -0.4 is 10.7 Å². The molecule has 2 N–H and O–H groups in total. The van der Waals surface area contributed by atoms with Crippen LogP contribution in [0.15, 0.2) is 71.8 Å². The predicted molar refractivity (Wildman–Crippen MR) is 91.7 cm³/mol. The molecule has 0 radical (unpaired) electrons. The van der Waals surface area contributed by atoms with E-state index in [-0.39, 0.29) is 12.5 Å². The maximum Gasteiger partial charge on any atom is 0.259 e.